The molecule has 0 bridgehead atoms. The number of benzene rings is 1. The lowest BCUT2D eigenvalue weighted by atomic mass is 10.2. The summed E-state index contributed by atoms with van der Waals surface area (Å²) >= 11 is 1.42. The van der Waals surface area contributed by atoms with Crippen LogP contribution in [0.4, 0.5) is 5.69 Å². The molecule has 3 aromatic rings. The molecule has 1 N–H and O–H groups in total. The first kappa shape index (κ1) is 18.5. The summed E-state index contributed by atoms with van der Waals surface area (Å²) in [6.07, 6.45) is 5.71. The molecule has 1 amide bonds. The fourth-order valence-electron chi connectivity index (χ4n) is 2.87. The van der Waals surface area contributed by atoms with Crippen LogP contribution in [0.15, 0.2) is 53.9 Å². The van der Waals surface area contributed by atoms with E-state index in [1.54, 1.807) is 25.6 Å². The summed E-state index contributed by atoms with van der Waals surface area (Å²) < 4.78 is 7.35. The Hall–Kier alpha value is -2.87. The third kappa shape index (κ3) is 4.01. The number of pyridine rings is 1. The minimum Gasteiger partial charge on any atom is -0.497 e. The summed E-state index contributed by atoms with van der Waals surface area (Å²) in [5.41, 5.74) is 1.69. The minimum absolute atomic E-state index is 0.0888. The van der Waals surface area contributed by atoms with Crippen LogP contribution in [0.25, 0.3) is 11.4 Å². The molecule has 28 heavy (non-hydrogen) atoms. The number of rotatable bonds is 7. The molecule has 1 aliphatic rings. The highest BCUT2D eigenvalue weighted by molar-refractivity contribution is 8.00. The number of carbonyl (C=O) groups excluding carboxylic acids is 1. The summed E-state index contributed by atoms with van der Waals surface area (Å²) in [6, 6.07) is 11.6. The van der Waals surface area contributed by atoms with Crippen molar-refractivity contribution in [2.24, 2.45) is 0 Å². The Labute approximate surface area is 167 Å². The summed E-state index contributed by atoms with van der Waals surface area (Å²) in [5.74, 6) is 1.44. The average Bonchev–Trinajstić information content (AvgIpc) is 3.48. The van der Waals surface area contributed by atoms with Crippen LogP contribution in [0.3, 0.4) is 0 Å². The molecule has 2 aromatic heterocycles. The number of aromatic nitrogens is 4. The molecule has 8 heteroatoms. The van der Waals surface area contributed by atoms with E-state index < -0.39 is 0 Å². The molecular weight excluding hydrogens is 374 g/mol. The number of nitrogens with one attached hydrogen (secondary N) is 1. The predicted molar refractivity (Wildman–Crippen MR) is 108 cm³/mol. The fraction of sp³-hybridized carbons (Fsp3) is 0.300. The van der Waals surface area contributed by atoms with Gasteiger partial charge in [-0.15, -0.1) is 10.2 Å². The van der Waals surface area contributed by atoms with E-state index >= 15 is 0 Å². The third-order valence-corrected chi connectivity index (χ3v) is 5.56. The zero-order chi connectivity index (χ0) is 19.5. The number of carbonyl (C=O) groups is 1. The Morgan fingerprint density at radius 3 is 2.75 bits per heavy atom. The lowest BCUT2D eigenvalue weighted by Gasteiger charge is -2.14. The second-order valence-electron chi connectivity index (χ2n) is 6.62. The average molecular weight is 395 g/mol. The van der Waals surface area contributed by atoms with Crippen LogP contribution in [0.2, 0.25) is 0 Å². The van der Waals surface area contributed by atoms with Crippen molar-refractivity contribution in [2.45, 2.75) is 36.2 Å². The SMILES string of the molecule is COc1cccc(NC(=O)[C@@H](C)Sc2nnc(-c3ccncc3)n2C2CC2)c1. The first-order valence-corrected chi connectivity index (χ1v) is 10.0. The molecule has 4 rings (SSSR count). The van der Waals surface area contributed by atoms with Gasteiger partial charge in [0, 0.05) is 35.8 Å². The largest absolute Gasteiger partial charge is 0.497 e. The number of nitrogens with zero attached hydrogens (tertiary/aromatic N) is 4. The molecule has 0 spiro atoms. The lowest BCUT2D eigenvalue weighted by Crippen LogP contribution is -2.23. The van der Waals surface area contributed by atoms with Crippen LogP contribution in [0.1, 0.15) is 25.8 Å². The number of thioether (sulfide) groups is 1. The predicted octanol–water partition coefficient (Wildman–Crippen LogP) is 3.80. The van der Waals surface area contributed by atoms with E-state index in [0.717, 1.165) is 29.4 Å². The maximum atomic E-state index is 12.7. The summed E-state index contributed by atoms with van der Waals surface area (Å²) in [7, 11) is 1.60. The molecule has 1 atom stereocenters. The van der Waals surface area contributed by atoms with Crippen LogP contribution in [0.5, 0.6) is 5.75 Å². The molecule has 0 unspecified atom stereocenters. The molecule has 1 aliphatic carbocycles. The number of amides is 1. The van der Waals surface area contributed by atoms with Gasteiger partial charge >= 0.3 is 0 Å². The van der Waals surface area contributed by atoms with Gasteiger partial charge in [-0.25, -0.2) is 0 Å². The van der Waals surface area contributed by atoms with Crippen LogP contribution >= 0.6 is 11.8 Å². The molecule has 1 fully saturated rings. The summed E-state index contributed by atoms with van der Waals surface area (Å²) in [4.78, 5) is 16.7. The van der Waals surface area contributed by atoms with Crippen molar-refractivity contribution in [1.82, 2.24) is 19.7 Å². The van der Waals surface area contributed by atoms with Crippen LogP contribution in [-0.4, -0.2) is 38.0 Å². The van der Waals surface area contributed by atoms with Crippen LogP contribution in [0, 0.1) is 0 Å². The fourth-order valence-corrected chi connectivity index (χ4v) is 3.79. The van der Waals surface area contributed by atoms with Crippen LogP contribution < -0.4 is 10.1 Å². The Morgan fingerprint density at radius 1 is 1.25 bits per heavy atom. The summed E-state index contributed by atoms with van der Waals surface area (Å²) in [5, 5.41) is 12.1. The monoisotopic (exact) mass is 395 g/mol. The smallest absolute Gasteiger partial charge is 0.237 e. The van der Waals surface area contributed by atoms with E-state index in [1.807, 2.05) is 37.3 Å². The van der Waals surface area contributed by atoms with Gasteiger partial charge in [0.1, 0.15) is 5.75 Å². The van der Waals surface area contributed by atoms with Gasteiger partial charge < -0.3 is 10.1 Å². The van der Waals surface area contributed by atoms with Gasteiger partial charge in [0.15, 0.2) is 11.0 Å². The molecule has 7 nitrogen and oxygen atoms in total. The first-order valence-electron chi connectivity index (χ1n) is 9.12. The Morgan fingerprint density at radius 2 is 2.04 bits per heavy atom. The van der Waals surface area contributed by atoms with Gasteiger partial charge in [-0.1, -0.05) is 17.8 Å². The third-order valence-electron chi connectivity index (χ3n) is 4.50. The van der Waals surface area contributed by atoms with E-state index in [0.29, 0.717) is 17.5 Å². The number of anilines is 1. The van der Waals surface area contributed by atoms with E-state index in [1.165, 1.54) is 11.8 Å². The molecule has 1 saturated carbocycles. The van der Waals surface area contributed by atoms with E-state index in [2.05, 4.69) is 25.1 Å². The highest BCUT2D eigenvalue weighted by atomic mass is 32.2. The maximum absolute atomic E-state index is 12.7. The van der Waals surface area contributed by atoms with Crippen molar-refractivity contribution in [3.8, 4) is 17.1 Å². The van der Waals surface area contributed by atoms with Crippen molar-refractivity contribution in [2.75, 3.05) is 12.4 Å². The molecule has 144 valence electrons. The van der Waals surface area contributed by atoms with Gasteiger partial charge in [-0.05, 0) is 44.0 Å². The van der Waals surface area contributed by atoms with E-state index in [-0.39, 0.29) is 11.2 Å². The molecule has 0 radical (unpaired) electrons. The lowest BCUT2D eigenvalue weighted by molar-refractivity contribution is -0.115. The van der Waals surface area contributed by atoms with Gasteiger partial charge in [-0.2, -0.15) is 0 Å². The Kier molecular flexibility index (Phi) is 5.29. The highest BCUT2D eigenvalue weighted by Gasteiger charge is 2.31. The molecule has 1 aromatic carbocycles. The minimum atomic E-state index is -0.321. The zero-order valence-electron chi connectivity index (χ0n) is 15.7. The topological polar surface area (TPSA) is 81.9 Å². The van der Waals surface area contributed by atoms with E-state index in [4.69, 9.17) is 4.74 Å². The van der Waals surface area contributed by atoms with Gasteiger partial charge in [0.05, 0.1) is 12.4 Å². The van der Waals surface area contributed by atoms with Crippen molar-refractivity contribution < 1.29 is 9.53 Å². The standard InChI is InChI=1S/C20H21N5O2S/c1-13(19(26)22-15-4-3-5-17(12-15)27-2)28-20-24-23-18(25(20)16-6-7-16)14-8-10-21-11-9-14/h3-5,8-13,16H,6-7H2,1-2H3,(H,22,26)/t13-/m1/s1. The van der Waals surface area contributed by atoms with E-state index in [9.17, 15) is 4.79 Å². The zero-order valence-corrected chi connectivity index (χ0v) is 16.5. The van der Waals surface area contributed by atoms with Crippen molar-refractivity contribution in [1.29, 1.82) is 0 Å². The van der Waals surface area contributed by atoms with Gasteiger partial charge in [-0.3, -0.25) is 14.3 Å². The molecule has 0 aliphatic heterocycles. The normalized spacial score (nSPS) is 14.5. The molecular formula is C20H21N5O2S. The van der Waals surface area contributed by atoms with Crippen molar-refractivity contribution in [3.63, 3.8) is 0 Å². The maximum Gasteiger partial charge on any atom is 0.237 e. The van der Waals surface area contributed by atoms with Crippen LogP contribution in [-0.2, 0) is 4.79 Å². The second-order valence-corrected chi connectivity index (χ2v) is 7.93. The van der Waals surface area contributed by atoms with Crippen molar-refractivity contribution >= 4 is 23.4 Å². The Bertz CT molecular complexity index is 972. The molecule has 2 heterocycles. The second kappa shape index (κ2) is 8.02. The highest BCUT2D eigenvalue weighted by Crippen LogP contribution is 2.41. The first-order chi connectivity index (χ1) is 13.7. The van der Waals surface area contributed by atoms with Gasteiger partial charge in [0.25, 0.3) is 0 Å². The number of ether oxygens (including phenoxy) is 1. The molecule has 0 saturated heterocycles. The number of hydrogen-bond acceptors (Lipinski definition) is 6. The summed E-state index contributed by atoms with van der Waals surface area (Å²) in [6.45, 7) is 1.87. The van der Waals surface area contributed by atoms with Gasteiger partial charge in [0.2, 0.25) is 5.91 Å². The van der Waals surface area contributed by atoms with Crippen molar-refractivity contribution in [3.05, 3.63) is 48.8 Å². The number of methoxy groups -OCH3 is 1. The number of hydrogen-bond donors (Lipinski definition) is 1. The Balaban J connectivity index is 1.50. The quantitative estimate of drug-likeness (QED) is 0.613.